The predicted molar refractivity (Wildman–Crippen MR) is 80.8 cm³/mol. The van der Waals surface area contributed by atoms with Crippen molar-refractivity contribution >= 4 is 31.6 Å². The summed E-state index contributed by atoms with van der Waals surface area (Å²) < 4.78 is 33.1. The largest absolute Gasteiger partial charge is 0.497 e. The van der Waals surface area contributed by atoms with E-state index in [9.17, 15) is 13.5 Å². The van der Waals surface area contributed by atoms with E-state index in [1.807, 2.05) is 0 Å². The smallest absolute Gasteiger partial charge is 0.265 e. The van der Waals surface area contributed by atoms with Crippen LogP contribution < -0.4 is 9.46 Å². The van der Waals surface area contributed by atoms with Crippen molar-refractivity contribution in [2.24, 2.45) is 0 Å². The number of H-pyrrole nitrogens is 1. The van der Waals surface area contributed by atoms with E-state index in [1.165, 1.54) is 7.11 Å². The average molecular weight is 376 g/mol. The molecule has 9 heteroatoms. The monoisotopic (exact) mass is 375 g/mol. The quantitative estimate of drug-likeness (QED) is 0.738. The molecular weight excluding hydrogens is 362 g/mol. The lowest BCUT2D eigenvalue weighted by Crippen LogP contribution is -2.15. The van der Waals surface area contributed by atoms with Crippen LogP contribution in [0.5, 0.6) is 5.75 Å². The van der Waals surface area contributed by atoms with Gasteiger partial charge in [0, 0.05) is 10.5 Å². The van der Waals surface area contributed by atoms with Crippen LogP contribution in [0.15, 0.2) is 27.6 Å². The molecule has 0 saturated carbocycles. The number of hydrogen-bond acceptors (Lipinski definition) is 5. The summed E-state index contributed by atoms with van der Waals surface area (Å²) in [5.41, 5.74) is 0.765. The van der Waals surface area contributed by atoms with E-state index in [0.717, 1.165) is 0 Å². The number of aryl methyl sites for hydroxylation is 1. The number of nitrogens with zero attached hydrogens (tertiary/aromatic N) is 1. The molecule has 1 heterocycles. The van der Waals surface area contributed by atoms with Crippen LogP contribution in [-0.2, 0) is 16.6 Å². The molecule has 3 N–H and O–H groups in total. The number of aromatic nitrogens is 2. The van der Waals surface area contributed by atoms with Gasteiger partial charge in [0.2, 0.25) is 0 Å². The average Bonchev–Trinajstić information content (AvgIpc) is 2.79. The van der Waals surface area contributed by atoms with Crippen LogP contribution in [-0.4, -0.2) is 30.8 Å². The van der Waals surface area contributed by atoms with Gasteiger partial charge in [-0.05, 0) is 19.1 Å². The molecule has 1 aromatic heterocycles. The van der Waals surface area contributed by atoms with Gasteiger partial charge in [0.25, 0.3) is 10.0 Å². The zero-order chi connectivity index (χ0) is 15.6. The summed E-state index contributed by atoms with van der Waals surface area (Å²) in [7, 11) is -2.38. The number of hydrogen-bond donors (Lipinski definition) is 3. The van der Waals surface area contributed by atoms with E-state index in [0.29, 0.717) is 21.6 Å². The second kappa shape index (κ2) is 6.04. The number of aliphatic hydroxyl groups excluding tert-OH is 1. The summed E-state index contributed by atoms with van der Waals surface area (Å²) in [6.07, 6.45) is 0. The highest BCUT2D eigenvalue weighted by atomic mass is 79.9. The molecule has 2 aromatic rings. The first-order valence-corrected chi connectivity index (χ1v) is 8.17. The van der Waals surface area contributed by atoms with Gasteiger partial charge < -0.3 is 9.84 Å². The molecule has 0 unspecified atom stereocenters. The second-order valence-electron chi connectivity index (χ2n) is 4.27. The predicted octanol–water partition coefficient (Wildman–Crippen LogP) is 1.78. The van der Waals surface area contributed by atoms with E-state index in [4.69, 9.17) is 4.74 Å². The summed E-state index contributed by atoms with van der Waals surface area (Å²) in [6, 6.07) is 4.87. The summed E-state index contributed by atoms with van der Waals surface area (Å²) in [5.74, 6) is 0.508. The van der Waals surface area contributed by atoms with Crippen molar-refractivity contribution in [3.63, 3.8) is 0 Å². The van der Waals surface area contributed by atoms with Gasteiger partial charge in [-0.1, -0.05) is 15.9 Å². The Morgan fingerprint density at radius 1 is 1.43 bits per heavy atom. The highest BCUT2D eigenvalue weighted by molar-refractivity contribution is 9.10. The molecule has 0 aliphatic heterocycles. The minimum absolute atomic E-state index is 0.0519. The SMILES string of the molecule is COc1cc(Br)cc(NS(=O)(=O)c2c(CO)n[nH]c2C)c1. The molecule has 0 fully saturated rings. The number of aliphatic hydroxyl groups is 1. The fourth-order valence-corrected chi connectivity index (χ4v) is 3.75. The number of halogens is 1. The molecule has 114 valence electrons. The van der Waals surface area contributed by atoms with Crippen LogP contribution in [0.3, 0.4) is 0 Å². The first kappa shape index (κ1) is 15.8. The Kier molecular flexibility index (Phi) is 4.55. The number of nitrogens with one attached hydrogen (secondary N) is 2. The fourth-order valence-electron chi connectivity index (χ4n) is 1.88. The molecule has 0 bridgehead atoms. The van der Waals surface area contributed by atoms with Crippen molar-refractivity contribution in [2.45, 2.75) is 18.4 Å². The maximum Gasteiger partial charge on any atom is 0.265 e. The molecule has 0 atom stereocenters. The molecule has 7 nitrogen and oxygen atoms in total. The van der Waals surface area contributed by atoms with E-state index >= 15 is 0 Å². The van der Waals surface area contributed by atoms with Crippen LogP contribution in [0, 0.1) is 6.92 Å². The maximum absolute atomic E-state index is 12.4. The van der Waals surface area contributed by atoms with Gasteiger partial charge in [0.15, 0.2) is 0 Å². The molecule has 0 amide bonds. The molecule has 21 heavy (non-hydrogen) atoms. The molecule has 0 aliphatic rings. The Morgan fingerprint density at radius 3 is 2.76 bits per heavy atom. The lowest BCUT2D eigenvalue weighted by molar-refractivity contribution is 0.273. The summed E-state index contributed by atoms with van der Waals surface area (Å²) in [6.45, 7) is 1.10. The molecule has 0 saturated heterocycles. The van der Waals surface area contributed by atoms with Gasteiger partial charge >= 0.3 is 0 Å². The Balaban J connectivity index is 2.42. The van der Waals surface area contributed by atoms with Crippen molar-refractivity contribution in [1.29, 1.82) is 0 Å². The third kappa shape index (κ3) is 3.36. The first-order chi connectivity index (χ1) is 9.87. The molecule has 0 aliphatic carbocycles. The molecule has 2 rings (SSSR count). The summed E-state index contributed by atoms with van der Waals surface area (Å²) >= 11 is 3.28. The van der Waals surface area contributed by atoms with Gasteiger partial charge in [0.1, 0.15) is 16.3 Å². The fraction of sp³-hybridized carbons (Fsp3) is 0.250. The highest BCUT2D eigenvalue weighted by Crippen LogP contribution is 2.27. The van der Waals surface area contributed by atoms with E-state index in [1.54, 1.807) is 25.1 Å². The van der Waals surface area contributed by atoms with Crippen molar-refractivity contribution in [3.8, 4) is 5.75 Å². The molecule has 0 radical (unpaired) electrons. The van der Waals surface area contributed by atoms with Crippen molar-refractivity contribution in [2.75, 3.05) is 11.8 Å². The van der Waals surface area contributed by atoms with Gasteiger partial charge in [-0.25, -0.2) is 8.42 Å². The van der Waals surface area contributed by atoms with Crippen LogP contribution in [0.2, 0.25) is 0 Å². The number of aromatic amines is 1. The normalized spacial score (nSPS) is 11.4. The lowest BCUT2D eigenvalue weighted by Gasteiger charge is -2.10. The molecular formula is C12H14BrN3O4S. The number of anilines is 1. The van der Waals surface area contributed by atoms with Gasteiger partial charge in [-0.15, -0.1) is 0 Å². The number of ether oxygens (including phenoxy) is 1. The number of rotatable bonds is 5. The Hall–Kier alpha value is -1.58. The van der Waals surface area contributed by atoms with Crippen LogP contribution in [0.4, 0.5) is 5.69 Å². The zero-order valence-corrected chi connectivity index (χ0v) is 13.7. The van der Waals surface area contributed by atoms with Gasteiger partial charge in [-0.3, -0.25) is 9.82 Å². The highest BCUT2D eigenvalue weighted by Gasteiger charge is 2.24. The number of sulfonamides is 1. The summed E-state index contributed by atoms with van der Waals surface area (Å²) in [4.78, 5) is -0.0519. The molecule has 1 aromatic carbocycles. The van der Waals surface area contributed by atoms with Crippen LogP contribution in [0.25, 0.3) is 0 Å². The third-order valence-corrected chi connectivity index (χ3v) is 4.78. The molecule has 0 spiro atoms. The number of methoxy groups -OCH3 is 1. The third-order valence-electron chi connectivity index (χ3n) is 2.74. The second-order valence-corrected chi connectivity index (χ2v) is 6.80. The van der Waals surface area contributed by atoms with Crippen LogP contribution >= 0.6 is 15.9 Å². The van der Waals surface area contributed by atoms with Crippen LogP contribution in [0.1, 0.15) is 11.4 Å². The summed E-state index contributed by atoms with van der Waals surface area (Å²) in [5, 5.41) is 15.5. The number of benzene rings is 1. The zero-order valence-electron chi connectivity index (χ0n) is 11.3. The van der Waals surface area contributed by atoms with Crippen molar-refractivity contribution in [3.05, 3.63) is 34.1 Å². The van der Waals surface area contributed by atoms with Crippen molar-refractivity contribution in [1.82, 2.24) is 10.2 Å². The Labute approximate surface area is 130 Å². The minimum atomic E-state index is -3.87. The Bertz CT molecular complexity index is 758. The van der Waals surface area contributed by atoms with Gasteiger partial charge in [0.05, 0.1) is 25.1 Å². The Morgan fingerprint density at radius 2 is 2.14 bits per heavy atom. The van der Waals surface area contributed by atoms with Gasteiger partial charge in [-0.2, -0.15) is 5.10 Å². The topological polar surface area (TPSA) is 104 Å². The van der Waals surface area contributed by atoms with E-state index in [2.05, 4.69) is 30.8 Å². The lowest BCUT2D eigenvalue weighted by atomic mass is 10.3. The maximum atomic E-state index is 12.4. The minimum Gasteiger partial charge on any atom is -0.497 e. The van der Waals surface area contributed by atoms with Crippen molar-refractivity contribution < 1.29 is 18.3 Å². The standard InChI is InChI=1S/C12H14BrN3O4S/c1-7-12(11(6-17)15-14-7)21(18,19)16-9-3-8(13)4-10(5-9)20-2/h3-5,16-17H,6H2,1-2H3,(H,14,15). The van der Waals surface area contributed by atoms with E-state index < -0.39 is 16.6 Å². The first-order valence-electron chi connectivity index (χ1n) is 5.89. The van der Waals surface area contributed by atoms with E-state index in [-0.39, 0.29) is 10.6 Å².